The topological polar surface area (TPSA) is 69.4 Å². The van der Waals surface area contributed by atoms with Crippen LogP contribution in [0.2, 0.25) is 0 Å². The molecule has 0 atom stereocenters. The zero-order valence-corrected chi connectivity index (χ0v) is 19.0. The van der Waals surface area contributed by atoms with Crippen molar-refractivity contribution in [2.24, 2.45) is 0 Å². The van der Waals surface area contributed by atoms with Crippen molar-refractivity contribution in [3.05, 3.63) is 71.9 Å². The Kier molecular flexibility index (Phi) is 5.27. The number of hydrogen-bond acceptors (Lipinski definition) is 5. The number of methoxy groups -OCH3 is 1. The van der Waals surface area contributed by atoms with Gasteiger partial charge in [-0.3, -0.25) is 4.98 Å². The molecule has 0 aliphatic carbocycles. The maximum atomic E-state index is 12.9. The van der Waals surface area contributed by atoms with Gasteiger partial charge in [-0.1, -0.05) is 6.07 Å². The van der Waals surface area contributed by atoms with Gasteiger partial charge in [0.1, 0.15) is 11.4 Å². The van der Waals surface area contributed by atoms with Crippen LogP contribution in [0.3, 0.4) is 0 Å². The molecule has 178 valence electrons. The molecule has 0 radical (unpaired) electrons. The SMILES string of the molecule is COc1cc(-c2nn(-c3ccc(C)c(C)c3)c3c2cnc2ccc(OC(F)(F)F)cc23)ccc1O. The van der Waals surface area contributed by atoms with E-state index in [1.165, 1.54) is 31.4 Å². The Balaban J connectivity index is 1.84. The van der Waals surface area contributed by atoms with Gasteiger partial charge in [-0.15, -0.1) is 13.2 Å². The molecule has 0 saturated heterocycles. The highest BCUT2D eigenvalue weighted by Gasteiger charge is 2.31. The van der Waals surface area contributed by atoms with E-state index in [0.717, 1.165) is 16.8 Å². The van der Waals surface area contributed by atoms with Crippen LogP contribution in [0.1, 0.15) is 11.1 Å². The molecule has 0 fully saturated rings. The minimum atomic E-state index is -4.82. The summed E-state index contributed by atoms with van der Waals surface area (Å²) in [6, 6.07) is 14.7. The predicted octanol–water partition coefficient (Wildman–Crippen LogP) is 6.47. The number of halogens is 3. The number of aryl methyl sites for hydroxylation is 2. The Morgan fingerprint density at radius 3 is 2.43 bits per heavy atom. The summed E-state index contributed by atoms with van der Waals surface area (Å²) in [5, 5.41) is 15.9. The van der Waals surface area contributed by atoms with Gasteiger partial charge in [0.05, 0.1) is 23.8 Å². The van der Waals surface area contributed by atoms with Crippen LogP contribution in [0.5, 0.6) is 17.2 Å². The van der Waals surface area contributed by atoms with Gasteiger partial charge >= 0.3 is 6.36 Å². The number of alkyl halides is 3. The zero-order chi connectivity index (χ0) is 24.9. The molecule has 3 aromatic carbocycles. The zero-order valence-electron chi connectivity index (χ0n) is 19.0. The summed E-state index contributed by atoms with van der Waals surface area (Å²) in [7, 11) is 1.45. The molecule has 9 heteroatoms. The summed E-state index contributed by atoms with van der Waals surface area (Å²) in [4.78, 5) is 4.46. The number of rotatable bonds is 4. The van der Waals surface area contributed by atoms with Crippen LogP contribution < -0.4 is 9.47 Å². The predicted molar refractivity (Wildman–Crippen MR) is 126 cm³/mol. The van der Waals surface area contributed by atoms with Gasteiger partial charge in [-0.25, -0.2) is 4.68 Å². The second-order valence-electron chi connectivity index (χ2n) is 8.16. The Labute approximate surface area is 198 Å². The molecule has 0 spiro atoms. The normalized spacial score (nSPS) is 11.8. The molecule has 2 heterocycles. The summed E-state index contributed by atoms with van der Waals surface area (Å²) in [5.74, 6) is -0.0994. The third-order valence-electron chi connectivity index (χ3n) is 5.90. The van der Waals surface area contributed by atoms with Gasteiger partial charge in [0, 0.05) is 22.5 Å². The van der Waals surface area contributed by atoms with Crippen LogP contribution >= 0.6 is 0 Å². The number of phenols is 1. The van der Waals surface area contributed by atoms with Crippen LogP contribution in [-0.4, -0.2) is 33.3 Å². The molecule has 0 amide bonds. The second kappa shape index (κ2) is 8.19. The minimum Gasteiger partial charge on any atom is -0.504 e. The number of hydrogen-bond donors (Lipinski definition) is 1. The van der Waals surface area contributed by atoms with E-state index in [1.54, 1.807) is 23.0 Å². The summed E-state index contributed by atoms with van der Waals surface area (Å²) >= 11 is 0. The molecule has 6 nitrogen and oxygen atoms in total. The summed E-state index contributed by atoms with van der Waals surface area (Å²) in [6.45, 7) is 3.97. The van der Waals surface area contributed by atoms with Crippen LogP contribution in [0.4, 0.5) is 13.2 Å². The van der Waals surface area contributed by atoms with Gasteiger partial charge in [0.15, 0.2) is 11.5 Å². The van der Waals surface area contributed by atoms with Crippen molar-refractivity contribution < 1.29 is 27.8 Å². The molecule has 5 aromatic rings. The first kappa shape index (κ1) is 22.5. The fraction of sp³-hybridized carbons (Fsp3) is 0.154. The quantitative estimate of drug-likeness (QED) is 0.320. The maximum absolute atomic E-state index is 12.9. The molecule has 0 saturated carbocycles. The Morgan fingerprint density at radius 2 is 1.71 bits per heavy atom. The van der Waals surface area contributed by atoms with Crippen molar-refractivity contribution in [3.8, 4) is 34.2 Å². The molecular weight excluding hydrogens is 459 g/mol. The average Bonchev–Trinajstić information content (AvgIpc) is 3.20. The molecule has 35 heavy (non-hydrogen) atoms. The Morgan fingerprint density at radius 1 is 0.914 bits per heavy atom. The number of nitrogens with zero attached hydrogens (tertiary/aromatic N) is 3. The number of aromatic hydroxyl groups is 1. The molecule has 5 rings (SSSR count). The Bertz CT molecular complexity index is 1590. The van der Waals surface area contributed by atoms with Crippen LogP contribution in [-0.2, 0) is 0 Å². The molecule has 2 aromatic heterocycles. The highest BCUT2D eigenvalue weighted by Crippen LogP contribution is 2.38. The van der Waals surface area contributed by atoms with Gasteiger partial charge in [0.2, 0.25) is 0 Å². The van der Waals surface area contributed by atoms with E-state index in [2.05, 4.69) is 9.72 Å². The standard InChI is InChI=1S/C26H20F3N3O3/c1-14-4-6-17(10-15(14)2)32-25-19-12-18(35-26(27,28)29)7-8-21(19)30-13-20(25)24(31-32)16-5-9-22(33)23(11-16)34-3/h4-13,33H,1-3H3. The van der Waals surface area contributed by atoms with E-state index in [-0.39, 0.29) is 17.2 Å². The highest BCUT2D eigenvalue weighted by atomic mass is 19.4. The monoisotopic (exact) mass is 479 g/mol. The summed E-state index contributed by atoms with van der Waals surface area (Å²) in [6.07, 6.45) is -3.18. The van der Waals surface area contributed by atoms with Crippen LogP contribution in [0, 0.1) is 13.8 Å². The summed E-state index contributed by atoms with van der Waals surface area (Å²) in [5.41, 5.74) is 5.13. The smallest absolute Gasteiger partial charge is 0.504 e. The highest BCUT2D eigenvalue weighted by molar-refractivity contribution is 6.09. The third-order valence-corrected chi connectivity index (χ3v) is 5.90. The first-order valence-electron chi connectivity index (χ1n) is 10.7. The van der Waals surface area contributed by atoms with E-state index in [9.17, 15) is 18.3 Å². The lowest BCUT2D eigenvalue weighted by Gasteiger charge is -2.11. The van der Waals surface area contributed by atoms with Crippen molar-refractivity contribution >= 4 is 21.8 Å². The van der Waals surface area contributed by atoms with E-state index in [0.29, 0.717) is 33.1 Å². The largest absolute Gasteiger partial charge is 0.573 e. The van der Waals surface area contributed by atoms with E-state index >= 15 is 0 Å². The number of ether oxygens (including phenoxy) is 2. The number of aromatic nitrogens is 3. The maximum Gasteiger partial charge on any atom is 0.573 e. The number of phenolic OH excluding ortho intramolecular Hbond substituents is 1. The first-order chi connectivity index (χ1) is 16.6. The van der Waals surface area contributed by atoms with Gasteiger partial charge < -0.3 is 14.6 Å². The van der Waals surface area contributed by atoms with Crippen molar-refractivity contribution in [2.45, 2.75) is 20.2 Å². The van der Waals surface area contributed by atoms with E-state index in [1.807, 2.05) is 32.0 Å². The fourth-order valence-electron chi connectivity index (χ4n) is 4.04. The third kappa shape index (κ3) is 4.09. The van der Waals surface area contributed by atoms with Crippen LogP contribution in [0.25, 0.3) is 38.8 Å². The number of benzene rings is 3. The molecule has 0 aliphatic rings. The molecule has 1 N–H and O–H groups in total. The lowest BCUT2D eigenvalue weighted by atomic mass is 10.1. The van der Waals surface area contributed by atoms with E-state index < -0.39 is 6.36 Å². The summed E-state index contributed by atoms with van der Waals surface area (Å²) < 4.78 is 49.9. The lowest BCUT2D eigenvalue weighted by Crippen LogP contribution is -2.17. The van der Waals surface area contributed by atoms with Crippen LogP contribution in [0.15, 0.2) is 60.8 Å². The van der Waals surface area contributed by atoms with Gasteiger partial charge in [0.25, 0.3) is 0 Å². The lowest BCUT2D eigenvalue weighted by molar-refractivity contribution is -0.274. The Hall–Kier alpha value is -4.27. The van der Waals surface area contributed by atoms with Gasteiger partial charge in [-0.2, -0.15) is 5.10 Å². The molecule has 0 aliphatic heterocycles. The fourth-order valence-corrected chi connectivity index (χ4v) is 4.04. The molecule has 0 unspecified atom stereocenters. The number of pyridine rings is 1. The van der Waals surface area contributed by atoms with Crippen molar-refractivity contribution in [3.63, 3.8) is 0 Å². The molecule has 0 bridgehead atoms. The van der Waals surface area contributed by atoms with Crippen molar-refractivity contribution in [1.82, 2.24) is 14.8 Å². The van der Waals surface area contributed by atoms with Crippen molar-refractivity contribution in [1.29, 1.82) is 0 Å². The van der Waals surface area contributed by atoms with E-state index in [4.69, 9.17) is 9.84 Å². The second-order valence-corrected chi connectivity index (χ2v) is 8.16. The average molecular weight is 479 g/mol. The minimum absolute atomic E-state index is 0.0216. The first-order valence-corrected chi connectivity index (χ1v) is 10.7. The number of fused-ring (bicyclic) bond motifs is 3. The van der Waals surface area contributed by atoms with Crippen molar-refractivity contribution in [2.75, 3.05) is 7.11 Å². The molecular formula is C26H20F3N3O3. The van der Waals surface area contributed by atoms with Gasteiger partial charge in [-0.05, 0) is 73.5 Å².